The largest absolute Gasteiger partial charge is 0.467 e. The molecule has 8 nitrogen and oxygen atoms in total. The number of carbonyl (C=O) groups is 4. The van der Waals surface area contributed by atoms with Crippen LogP contribution in [0.3, 0.4) is 0 Å². The Bertz CT molecular complexity index is 953. The molecule has 2 aliphatic heterocycles. The van der Waals surface area contributed by atoms with Gasteiger partial charge < -0.3 is 15.0 Å². The molecule has 1 N–H and O–H groups in total. The highest BCUT2D eigenvalue weighted by molar-refractivity contribution is 6.10. The Kier molecular flexibility index (Phi) is 5.73. The van der Waals surface area contributed by atoms with Crippen LogP contribution in [0.1, 0.15) is 69.2 Å². The van der Waals surface area contributed by atoms with Crippen LogP contribution in [-0.4, -0.2) is 53.4 Å². The molecule has 0 spiro atoms. The van der Waals surface area contributed by atoms with Crippen LogP contribution in [0.2, 0.25) is 0 Å². The third-order valence-corrected chi connectivity index (χ3v) is 7.39. The molecule has 1 saturated heterocycles. The van der Waals surface area contributed by atoms with Gasteiger partial charge in [-0.3, -0.25) is 19.3 Å². The van der Waals surface area contributed by atoms with E-state index in [-0.39, 0.29) is 30.7 Å². The number of anilines is 1. The van der Waals surface area contributed by atoms with Gasteiger partial charge in [0.2, 0.25) is 11.8 Å². The van der Waals surface area contributed by atoms with Gasteiger partial charge in [-0.15, -0.1) is 0 Å². The SMILES string of the molecule is COC(=O)C1(NC(=O)CCN2C(=O)c3ccccc3N3C(=O)CCC23C)CCC(C)CC1. The van der Waals surface area contributed by atoms with Gasteiger partial charge in [-0.25, -0.2) is 4.79 Å². The molecule has 1 unspecified atom stereocenters. The second-order valence-corrected chi connectivity index (χ2v) is 9.47. The number of carbonyl (C=O) groups excluding carboxylic acids is 4. The fourth-order valence-electron chi connectivity index (χ4n) is 5.41. The van der Waals surface area contributed by atoms with E-state index in [2.05, 4.69) is 12.2 Å². The zero-order valence-corrected chi connectivity index (χ0v) is 19.0. The second-order valence-electron chi connectivity index (χ2n) is 9.47. The Hall–Kier alpha value is -2.90. The van der Waals surface area contributed by atoms with Crippen LogP contribution in [0.5, 0.6) is 0 Å². The molecule has 2 heterocycles. The van der Waals surface area contributed by atoms with Crippen molar-refractivity contribution in [2.45, 2.75) is 70.0 Å². The quantitative estimate of drug-likeness (QED) is 0.709. The smallest absolute Gasteiger partial charge is 0.331 e. The third-order valence-electron chi connectivity index (χ3n) is 7.39. The van der Waals surface area contributed by atoms with E-state index in [4.69, 9.17) is 4.74 Å². The maximum atomic E-state index is 13.3. The molecule has 1 aromatic carbocycles. The van der Waals surface area contributed by atoms with E-state index >= 15 is 0 Å². The summed E-state index contributed by atoms with van der Waals surface area (Å²) < 4.78 is 5.00. The van der Waals surface area contributed by atoms with E-state index in [1.165, 1.54) is 7.11 Å². The first-order chi connectivity index (χ1) is 15.2. The van der Waals surface area contributed by atoms with Gasteiger partial charge in [-0.05, 0) is 57.1 Å². The fraction of sp³-hybridized carbons (Fsp3) is 0.583. The van der Waals surface area contributed by atoms with Gasteiger partial charge in [0, 0.05) is 19.4 Å². The van der Waals surface area contributed by atoms with Crippen molar-refractivity contribution in [3.05, 3.63) is 29.8 Å². The van der Waals surface area contributed by atoms with E-state index in [9.17, 15) is 19.2 Å². The molecule has 0 aromatic heterocycles. The molecular weight excluding hydrogens is 410 g/mol. The number of hydrogen-bond acceptors (Lipinski definition) is 5. The summed E-state index contributed by atoms with van der Waals surface area (Å²) >= 11 is 0. The van der Waals surface area contributed by atoms with Crippen LogP contribution in [0.25, 0.3) is 0 Å². The highest BCUT2D eigenvalue weighted by Crippen LogP contribution is 2.44. The number of rotatable bonds is 5. The topological polar surface area (TPSA) is 96.0 Å². The summed E-state index contributed by atoms with van der Waals surface area (Å²) in [6.07, 6.45) is 3.67. The average molecular weight is 442 g/mol. The molecule has 0 bridgehead atoms. The van der Waals surface area contributed by atoms with Crippen LogP contribution in [-0.2, 0) is 19.1 Å². The number of esters is 1. The molecular formula is C24H31N3O5. The molecule has 32 heavy (non-hydrogen) atoms. The summed E-state index contributed by atoms with van der Waals surface area (Å²) in [5.41, 5.74) is -0.712. The molecule has 3 aliphatic rings. The lowest BCUT2D eigenvalue weighted by Gasteiger charge is -2.48. The lowest BCUT2D eigenvalue weighted by Crippen LogP contribution is -2.63. The molecule has 4 rings (SSSR count). The van der Waals surface area contributed by atoms with E-state index in [1.54, 1.807) is 28.0 Å². The number of ether oxygens (including phenoxy) is 1. The summed E-state index contributed by atoms with van der Waals surface area (Å²) in [5, 5.41) is 2.93. The fourth-order valence-corrected chi connectivity index (χ4v) is 5.41. The summed E-state index contributed by atoms with van der Waals surface area (Å²) in [6, 6.07) is 7.10. The molecule has 1 saturated carbocycles. The normalized spacial score (nSPS) is 29.4. The standard InChI is InChI=1S/C24H31N3O5/c1-16-8-13-24(14-9-16,22(31)32-3)25-19(28)11-15-26-21(30)17-6-4-5-7-18(17)27-20(29)10-12-23(26,27)2/h4-7,16H,8-15H2,1-3H3,(H,25,28). The van der Waals surface area contributed by atoms with Gasteiger partial charge >= 0.3 is 5.97 Å². The van der Waals surface area contributed by atoms with E-state index in [0.717, 1.165) is 12.8 Å². The van der Waals surface area contributed by atoms with Gasteiger partial charge in [-0.2, -0.15) is 0 Å². The van der Waals surface area contributed by atoms with Crippen molar-refractivity contribution in [1.29, 1.82) is 0 Å². The number of para-hydroxylation sites is 1. The minimum atomic E-state index is -1.00. The molecule has 2 fully saturated rings. The molecule has 1 aromatic rings. The van der Waals surface area contributed by atoms with Crippen LogP contribution in [0, 0.1) is 5.92 Å². The van der Waals surface area contributed by atoms with E-state index in [1.807, 2.05) is 13.0 Å². The lowest BCUT2D eigenvalue weighted by molar-refractivity contribution is -0.153. The van der Waals surface area contributed by atoms with Gasteiger partial charge in [0.15, 0.2) is 0 Å². The highest BCUT2D eigenvalue weighted by atomic mass is 16.5. The van der Waals surface area contributed by atoms with Crippen molar-refractivity contribution in [3.63, 3.8) is 0 Å². The van der Waals surface area contributed by atoms with E-state index in [0.29, 0.717) is 42.9 Å². The Balaban J connectivity index is 1.52. The predicted molar refractivity (Wildman–Crippen MR) is 118 cm³/mol. The molecule has 172 valence electrons. The summed E-state index contributed by atoms with van der Waals surface area (Å²) in [4.78, 5) is 54.8. The van der Waals surface area contributed by atoms with Gasteiger partial charge in [0.25, 0.3) is 5.91 Å². The lowest BCUT2D eigenvalue weighted by atomic mass is 9.77. The van der Waals surface area contributed by atoms with Crippen molar-refractivity contribution in [2.75, 3.05) is 18.6 Å². The monoisotopic (exact) mass is 441 g/mol. The first kappa shape index (κ1) is 22.3. The van der Waals surface area contributed by atoms with Crippen LogP contribution in [0.15, 0.2) is 24.3 Å². The molecule has 1 aliphatic carbocycles. The van der Waals surface area contributed by atoms with Crippen molar-refractivity contribution < 1.29 is 23.9 Å². The predicted octanol–water partition coefficient (Wildman–Crippen LogP) is 2.61. The Morgan fingerprint density at radius 2 is 1.84 bits per heavy atom. The summed E-state index contributed by atoms with van der Waals surface area (Å²) in [6.45, 7) is 4.17. The van der Waals surface area contributed by atoms with Crippen LogP contribution >= 0.6 is 0 Å². The van der Waals surface area contributed by atoms with E-state index < -0.39 is 17.2 Å². The minimum Gasteiger partial charge on any atom is -0.467 e. The second kappa shape index (κ2) is 8.22. The number of nitrogens with one attached hydrogen (secondary N) is 1. The number of methoxy groups -OCH3 is 1. The zero-order chi connectivity index (χ0) is 23.1. The number of hydrogen-bond donors (Lipinski definition) is 1. The summed E-state index contributed by atoms with van der Waals surface area (Å²) in [7, 11) is 1.34. The van der Waals surface area contributed by atoms with Gasteiger partial charge in [0.1, 0.15) is 11.2 Å². The van der Waals surface area contributed by atoms with Crippen molar-refractivity contribution in [2.24, 2.45) is 5.92 Å². The molecule has 1 atom stereocenters. The van der Waals surface area contributed by atoms with Gasteiger partial charge in [0.05, 0.1) is 18.4 Å². The zero-order valence-electron chi connectivity index (χ0n) is 19.0. The number of fused-ring (bicyclic) bond motifs is 3. The van der Waals surface area contributed by atoms with Gasteiger partial charge in [-0.1, -0.05) is 19.1 Å². The Morgan fingerprint density at radius 1 is 1.16 bits per heavy atom. The highest BCUT2D eigenvalue weighted by Gasteiger charge is 2.53. The maximum Gasteiger partial charge on any atom is 0.331 e. The molecule has 8 heteroatoms. The first-order valence-electron chi connectivity index (χ1n) is 11.4. The molecule has 3 amide bonds. The third kappa shape index (κ3) is 3.55. The van der Waals surface area contributed by atoms with Crippen molar-refractivity contribution >= 4 is 29.4 Å². The average Bonchev–Trinajstić information content (AvgIpc) is 3.09. The number of benzene rings is 1. The van der Waals surface area contributed by atoms with Crippen molar-refractivity contribution in [3.8, 4) is 0 Å². The number of nitrogens with zero attached hydrogens (tertiary/aromatic N) is 2. The van der Waals surface area contributed by atoms with Crippen LogP contribution in [0.4, 0.5) is 5.69 Å². The van der Waals surface area contributed by atoms with Crippen molar-refractivity contribution in [1.82, 2.24) is 10.2 Å². The first-order valence-corrected chi connectivity index (χ1v) is 11.4. The Labute approximate surface area is 188 Å². The Morgan fingerprint density at radius 3 is 2.53 bits per heavy atom. The minimum absolute atomic E-state index is 0.0251. The number of amides is 3. The summed E-state index contributed by atoms with van der Waals surface area (Å²) in [5.74, 6) is -0.420. The maximum absolute atomic E-state index is 13.3. The molecule has 0 radical (unpaired) electrons. The van der Waals surface area contributed by atoms with Crippen LogP contribution < -0.4 is 10.2 Å².